The second kappa shape index (κ2) is 5.13. The van der Waals surface area contributed by atoms with Crippen molar-refractivity contribution in [2.75, 3.05) is 0 Å². The summed E-state index contributed by atoms with van der Waals surface area (Å²) < 4.78 is 11.9. The summed E-state index contributed by atoms with van der Waals surface area (Å²) in [5.74, 6) is 0.242. The maximum atomic E-state index is 11.9. The molecular formula is C15H24BNO3. The van der Waals surface area contributed by atoms with Gasteiger partial charge in [0.2, 0.25) is 0 Å². The molecule has 2 aliphatic rings. The lowest BCUT2D eigenvalue weighted by molar-refractivity contribution is -0.120. The van der Waals surface area contributed by atoms with Crippen LogP contribution in [0.1, 0.15) is 40.5 Å². The van der Waals surface area contributed by atoms with Crippen molar-refractivity contribution in [3.05, 3.63) is 24.2 Å². The molecule has 0 amide bonds. The molecule has 1 aliphatic heterocycles. The largest absolute Gasteiger partial charge is 0.494 e. The zero-order chi connectivity index (χ0) is 15.1. The summed E-state index contributed by atoms with van der Waals surface area (Å²) in [4.78, 5) is 11.9. The Balaban J connectivity index is 2.13. The number of allylic oxidation sites excluding steroid dienone is 2. The predicted molar refractivity (Wildman–Crippen MR) is 80.1 cm³/mol. The minimum Gasteiger partial charge on any atom is -0.399 e. The molecule has 2 rings (SSSR count). The van der Waals surface area contributed by atoms with Crippen molar-refractivity contribution in [1.82, 2.24) is 0 Å². The van der Waals surface area contributed by atoms with Crippen LogP contribution in [0, 0.1) is 5.92 Å². The summed E-state index contributed by atoms with van der Waals surface area (Å²) in [7, 11) is -0.518. The average molecular weight is 277 g/mol. The molecule has 4 nitrogen and oxygen atoms in total. The van der Waals surface area contributed by atoms with E-state index in [9.17, 15) is 4.79 Å². The van der Waals surface area contributed by atoms with Gasteiger partial charge in [0.25, 0.3) is 0 Å². The highest BCUT2D eigenvalue weighted by Crippen LogP contribution is 2.39. The summed E-state index contributed by atoms with van der Waals surface area (Å²) in [6.07, 6.45) is 5.29. The second-order valence-corrected chi connectivity index (χ2v) is 6.66. The van der Waals surface area contributed by atoms with Gasteiger partial charge in [0.1, 0.15) is 0 Å². The maximum Gasteiger partial charge on any atom is 0.494 e. The summed E-state index contributed by atoms with van der Waals surface area (Å²) in [6, 6.07) is -0.602. The highest BCUT2D eigenvalue weighted by atomic mass is 16.7. The van der Waals surface area contributed by atoms with E-state index in [1.54, 1.807) is 12.2 Å². The average Bonchev–Trinajstić information content (AvgIpc) is 3.13. The molecule has 0 aromatic rings. The van der Waals surface area contributed by atoms with Gasteiger partial charge in [-0.3, -0.25) is 4.79 Å². The molecule has 110 valence electrons. The number of rotatable bonds is 5. The van der Waals surface area contributed by atoms with Crippen molar-refractivity contribution in [3.63, 3.8) is 0 Å². The van der Waals surface area contributed by atoms with Gasteiger partial charge in [-0.1, -0.05) is 18.7 Å². The molecule has 0 aromatic carbocycles. The first-order chi connectivity index (χ1) is 9.18. The van der Waals surface area contributed by atoms with Crippen molar-refractivity contribution in [3.8, 4) is 0 Å². The van der Waals surface area contributed by atoms with E-state index >= 15 is 0 Å². The van der Waals surface area contributed by atoms with Crippen molar-refractivity contribution in [2.24, 2.45) is 11.7 Å². The molecule has 20 heavy (non-hydrogen) atoms. The van der Waals surface area contributed by atoms with Crippen LogP contribution in [-0.2, 0) is 14.1 Å². The van der Waals surface area contributed by atoms with Crippen LogP contribution in [0.2, 0.25) is 0 Å². The molecule has 0 aromatic heterocycles. The van der Waals surface area contributed by atoms with Crippen LogP contribution in [0.25, 0.3) is 0 Å². The Hall–Kier alpha value is -0.905. The van der Waals surface area contributed by atoms with Crippen LogP contribution in [0.3, 0.4) is 0 Å². The van der Waals surface area contributed by atoms with E-state index < -0.39 is 24.4 Å². The number of hydrogen-bond acceptors (Lipinski definition) is 4. The summed E-state index contributed by atoms with van der Waals surface area (Å²) in [5, 5.41) is 0. The molecule has 5 heteroatoms. The molecule has 1 saturated heterocycles. The van der Waals surface area contributed by atoms with Crippen LogP contribution in [0.4, 0.5) is 0 Å². The Labute approximate surface area is 121 Å². The summed E-state index contributed by atoms with van der Waals surface area (Å²) in [5.41, 5.74) is 5.85. The van der Waals surface area contributed by atoms with Gasteiger partial charge in [-0.2, -0.15) is 0 Å². The quantitative estimate of drug-likeness (QED) is 0.617. The molecule has 0 bridgehead atoms. The van der Waals surface area contributed by atoms with Gasteiger partial charge in [0, 0.05) is 5.92 Å². The monoisotopic (exact) mass is 277 g/mol. The minimum atomic E-state index is -0.602. The first kappa shape index (κ1) is 15.5. The standard InChI is InChI=1S/C15H24BNO3/c1-6-11(9-12(17)13(18)10-7-8-10)16-19-14(2,3)15(4,5)20-16/h6,9-10,12H,1,7-8,17H2,2-5H3/b11-9+. The first-order valence-corrected chi connectivity index (χ1v) is 7.17. The topological polar surface area (TPSA) is 61.6 Å². The van der Waals surface area contributed by atoms with Crippen LogP contribution in [-0.4, -0.2) is 30.1 Å². The fourth-order valence-corrected chi connectivity index (χ4v) is 2.15. The van der Waals surface area contributed by atoms with Crippen LogP contribution < -0.4 is 5.73 Å². The zero-order valence-corrected chi connectivity index (χ0v) is 12.8. The van der Waals surface area contributed by atoms with Gasteiger partial charge in [0.05, 0.1) is 17.2 Å². The Morgan fingerprint density at radius 3 is 2.20 bits per heavy atom. The van der Waals surface area contributed by atoms with E-state index in [-0.39, 0.29) is 11.7 Å². The smallest absolute Gasteiger partial charge is 0.399 e. The van der Waals surface area contributed by atoms with Crippen molar-refractivity contribution >= 4 is 12.9 Å². The van der Waals surface area contributed by atoms with Gasteiger partial charge in [0.15, 0.2) is 5.78 Å². The molecule has 1 heterocycles. The van der Waals surface area contributed by atoms with Gasteiger partial charge < -0.3 is 15.0 Å². The zero-order valence-electron chi connectivity index (χ0n) is 12.8. The number of Topliss-reactive ketones (excluding diaryl/α,β-unsaturated/α-hetero) is 1. The summed E-state index contributed by atoms with van der Waals surface area (Å²) >= 11 is 0. The van der Waals surface area contributed by atoms with E-state index in [1.807, 2.05) is 27.7 Å². The molecule has 1 saturated carbocycles. The fraction of sp³-hybridized carbons (Fsp3) is 0.667. The second-order valence-electron chi connectivity index (χ2n) is 6.66. The molecule has 1 unspecified atom stereocenters. The lowest BCUT2D eigenvalue weighted by Gasteiger charge is -2.32. The SMILES string of the molecule is C=C/C(=C\C(N)C(=O)C1CC1)B1OC(C)(C)C(C)(C)O1. The molecular weight excluding hydrogens is 253 g/mol. The normalized spacial score (nSPS) is 26.4. The predicted octanol–water partition coefficient (Wildman–Crippen LogP) is 2.04. The number of carbonyl (C=O) groups excluding carboxylic acids is 1. The van der Waals surface area contributed by atoms with Crippen LogP contribution >= 0.6 is 0 Å². The fourth-order valence-electron chi connectivity index (χ4n) is 2.15. The van der Waals surface area contributed by atoms with E-state index in [2.05, 4.69) is 6.58 Å². The third-order valence-electron chi connectivity index (χ3n) is 4.44. The number of carbonyl (C=O) groups is 1. The maximum absolute atomic E-state index is 11.9. The Morgan fingerprint density at radius 1 is 1.30 bits per heavy atom. The highest BCUT2D eigenvalue weighted by molar-refractivity contribution is 6.55. The van der Waals surface area contributed by atoms with Gasteiger partial charge in [-0.15, -0.1) is 0 Å². The Kier molecular flexibility index (Phi) is 3.97. The molecule has 0 spiro atoms. The van der Waals surface area contributed by atoms with Crippen LogP contribution in [0.15, 0.2) is 24.2 Å². The van der Waals surface area contributed by atoms with E-state index in [1.165, 1.54) is 0 Å². The van der Waals surface area contributed by atoms with Crippen molar-refractivity contribution in [1.29, 1.82) is 0 Å². The van der Waals surface area contributed by atoms with Crippen molar-refractivity contribution in [2.45, 2.75) is 57.8 Å². The molecule has 2 fully saturated rings. The number of ketones is 1. The number of hydrogen-bond donors (Lipinski definition) is 1. The molecule has 1 atom stereocenters. The summed E-state index contributed by atoms with van der Waals surface area (Å²) in [6.45, 7) is 11.7. The lowest BCUT2D eigenvalue weighted by atomic mass is 9.77. The van der Waals surface area contributed by atoms with E-state index in [0.29, 0.717) is 0 Å². The van der Waals surface area contributed by atoms with Gasteiger partial charge in [-0.05, 0) is 46.0 Å². The van der Waals surface area contributed by atoms with Gasteiger partial charge >= 0.3 is 7.12 Å². The first-order valence-electron chi connectivity index (χ1n) is 7.17. The van der Waals surface area contributed by atoms with E-state index in [4.69, 9.17) is 15.0 Å². The van der Waals surface area contributed by atoms with Gasteiger partial charge in [-0.25, -0.2) is 0 Å². The van der Waals surface area contributed by atoms with Crippen LogP contribution in [0.5, 0.6) is 0 Å². The molecule has 1 aliphatic carbocycles. The third-order valence-corrected chi connectivity index (χ3v) is 4.44. The Morgan fingerprint density at radius 2 is 1.80 bits per heavy atom. The Bertz CT molecular complexity index is 436. The van der Waals surface area contributed by atoms with E-state index in [0.717, 1.165) is 18.3 Å². The lowest BCUT2D eigenvalue weighted by Crippen LogP contribution is -2.41. The third kappa shape index (κ3) is 2.90. The number of nitrogens with two attached hydrogens (primary N) is 1. The minimum absolute atomic E-state index is 0.0980. The molecule has 0 radical (unpaired) electrons. The van der Waals surface area contributed by atoms with Crippen molar-refractivity contribution < 1.29 is 14.1 Å². The molecule has 2 N–H and O–H groups in total. The highest BCUT2D eigenvalue weighted by Gasteiger charge is 2.52.